The van der Waals surface area contributed by atoms with Gasteiger partial charge in [-0.25, -0.2) is 14.6 Å². The van der Waals surface area contributed by atoms with Crippen LogP contribution in [0.1, 0.15) is 43.9 Å². The molecule has 0 atom stereocenters. The van der Waals surface area contributed by atoms with Crippen LogP contribution in [0.4, 0.5) is 0 Å². The summed E-state index contributed by atoms with van der Waals surface area (Å²) in [6.45, 7) is 11.6. The second kappa shape index (κ2) is 8.55. The Morgan fingerprint density at radius 1 is 1.39 bits per heavy atom. The van der Waals surface area contributed by atoms with Crippen molar-refractivity contribution in [2.24, 2.45) is 0 Å². The van der Waals surface area contributed by atoms with Crippen LogP contribution in [0.3, 0.4) is 0 Å². The summed E-state index contributed by atoms with van der Waals surface area (Å²) < 4.78 is 1.39. The molecule has 162 valence electrons. The Kier molecular flexibility index (Phi) is 6.05. The maximum absolute atomic E-state index is 13.4. The van der Waals surface area contributed by atoms with Gasteiger partial charge in [0.25, 0.3) is 5.91 Å². The Morgan fingerprint density at radius 3 is 2.74 bits per heavy atom. The van der Waals surface area contributed by atoms with Crippen LogP contribution in [-0.2, 0) is 4.79 Å². The zero-order valence-corrected chi connectivity index (χ0v) is 18.1. The topological polar surface area (TPSA) is 113 Å². The van der Waals surface area contributed by atoms with Crippen molar-refractivity contribution in [3.63, 3.8) is 0 Å². The van der Waals surface area contributed by atoms with Crippen LogP contribution in [0.15, 0.2) is 49.0 Å². The highest BCUT2D eigenvalue weighted by atomic mass is 16.3. The van der Waals surface area contributed by atoms with Gasteiger partial charge in [0.05, 0.1) is 0 Å². The van der Waals surface area contributed by atoms with Gasteiger partial charge >= 0.3 is 0 Å². The Bertz CT molecular complexity index is 1080. The summed E-state index contributed by atoms with van der Waals surface area (Å²) in [5, 5.41) is 18.3. The first kappa shape index (κ1) is 21.9. The summed E-state index contributed by atoms with van der Waals surface area (Å²) in [7, 11) is 0. The summed E-state index contributed by atoms with van der Waals surface area (Å²) in [6.07, 6.45) is 8.32. The predicted molar refractivity (Wildman–Crippen MR) is 117 cm³/mol. The van der Waals surface area contributed by atoms with Crippen molar-refractivity contribution < 1.29 is 14.7 Å². The SMILES string of the molecule is C=C(C)/C(=C\C=C/C)c1c(O)c(C(=O)N2CCNC(=O)C2(C)C)nn1-c1ccncn1. The number of aromatic hydroxyl groups is 1. The van der Waals surface area contributed by atoms with Crippen LogP contribution in [0.2, 0.25) is 0 Å². The molecule has 3 rings (SSSR count). The van der Waals surface area contributed by atoms with Gasteiger partial charge in [0.2, 0.25) is 5.91 Å². The molecule has 1 saturated heterocycles. The van der Waals surface area contributed by atoms with E-state index in [0.29, 0.717) is 30.1 Å². The van der Waals surface area contributed by atoms with Crippen molar-refractivity contribution in [2.45, 2.75) is 33.2 Å². The molecule has 0 saturated carbocycles. The van der Waals surface area contributed by atoms with E-state index in [9.17, 15) is 14.7 Å². The molecule has 2 amide bonds. The van der Waals surface area contributed by atoms with Gasteiger partial charge in [0.15, 0.2) is 17.3 Å². The quantitative estimate of drug-likeness (QED) is 0.715. The second-order valence-electron chi connectivity index (χ2n) is 7.68. The number of allylic oxidation sites excluding steroid dienone is 5. The zero-order chi connectivity index (χ0) is 22.8. The molecule has 0 radical (unpaired) electrons. The number of rotatable bonds is 5. The molecule has 0 aromatic carbocycles. The third-order valence-corrected chi connectivity index (χ3v) is 5.11. The summed E-state index contributed by atoms with van der Waals surface area (Å²) >= 11 is 0. The standard InChI is InChI=1S/C22H26N6O3/c1-6-7-8-15(14(2)3)18-19(29)17(26-28(18)16-9-10-23-13-25-16)20(30)27-12-11-24-21(31)22(27,4)5/h6-10,13,29H,2,11-12H2,1,3-5H3,(H,24,31)/b7-6-,15-8+. The summed E-state index contributed by atoms with van der Waals surface area (Å²) in [5.74, 6) is -0.733. The van der Waals surface area contributed by atoms with Gasteiger partial charge in [-0.1, -0.05) is 24.8 Å². The average Bonchev–Trinajstić information content (AvgIpc) is 3.07. The van der Waals surface area contributed by atoms with Gasteiger partial charge in [0.1, 0.15) is 17.6 Å². The van der Waals surface area contributed by atoms with E-state index < -0.39 is 11.4 Å². The van der Waals surface area contributed by atoms with E-state index in [1.807, 2.05) is 13.0 Å². The lowest BCUT2D eigenvalue weighted by molar-refractivity contribution is -0.133. The zero-order valence-electron chi connectivity index (χ0n) is 18.1. The molecule has 31 heavy (non-hydrogen) atoms. The van der Waals surface area contributed by atoms with Crippen molar-refractivity contribution in [1.82, 2.24) is 30.0 Å². The van der Waals surface area contributed by atoms with Crippen LogP contribution >= 0.6 is 0 Å². The Balaban J connectivity index is 2.22. The van der Waals surface area contributed by atoms with Gasteiger partial charge in [0, 0.05) is 30.9 Å². The van der Waals surface area contributed by atoms with Crippen LogP contribution in [0.5, 0.6) is 5.75 Å². The normalized spacial score (nSPS) is 16.5. The fourth-order valence-electron chi connectivity index (χ4n) is 3.37. The van der Waals surface area contributed by atoms with E-state index in [1.54, 1.807) is 45.2 Å². The fraction of sp³-hybridized carbons (Fsp3) is 0.318. The van der Waals surface area contributed by atoms with Crippen LogP contribution in [-0.4, -0.2) is 60.2 Å². The maximum Gasteiger partial charge on any atom is 0.279 e. The first-order valence-corrected chi connectivity index (χ1v) is 9.88. The molecule has 9 heteroatoms. The first-order valence-electron chi connectivity index (χ1n) is 9.88. The Morgan fingerprint density at radius 2 is 2.13 bits per heavy atom. The highest BCUT2D eigenvalue weighted by Gasteiger charge is 2.43. The van der Waals surface area contributed by atoms with E-state index in [2.05, 4.69) is 27.0 Å². The highest BCUT2D eigenvalue weighted by molar-refractivity contribution is 6.01. The minimum Gasteiger partial charge on any atom is -0.504 e. The molecule has 1 aliphatic heterocycles. The highest BCUT2D eigenvalue weighted by Crippen LogP contribution is 2.35. The molecule has 0 bridgehead atoms. The van der Waals surface area contributed by atoms with Crippen molar-refractivity contribution in [3.8, 4) is 11.6 Å². The summed E-state index contributed by atoms with van der Waals surface area (Å²) in [5.41, 5.74) is 0.297. The monoisotopic (exact) mass is 422 g/mol. The maximum atomic E-state index is 13.4. The molecular weight excluding hydrogens is 396 g/mol. The van der Waals surface area contributed by atoms with E-state index in [0.717, 1.165) is 0 Å². The number of nitrogens with zero attached hydrogens (tertiary/aromatic N) is 5. The molecule has 1 fully saturated rings. The number of amides is 2. The number of hydrogen-bond acceptors (Lipinski definition) is 6. The number of hydrogen-bond donors (Lipinski definition) is 2. The third kappa shape index (κ3) is 3.98. The smallest absolute Gasteiger partial charge is 0.279 e. The van der Waals surface area contributed by atoms with Gasteiger partial charge in [-0.05, 0) is 33.3 Å². The average molecular weight is 422 g/mol. The molecular formula is C22H26N6O3. The van der Waals surface area contributed by atoms with E-state index in [-0.39, 0.29) is 23.0 Å². The molecule has 0 spiro atoms. The van der Waals surface area contributed by atoms with Gasteiger partial charge in [-0.3, -0.25) is 9.59 Å². The van der Waals surface area contributed by atoms with E-state index >= 15 is 0 Å². The van der Waals surface area contributed by atoms with Gasteiger partial charge in [-0.2, -0.15) is 5.10 Å². The van der Waals surface area contributed by atoms with Crippen molar-refractivity contribution in [3.05, 3.63) is 60.4 Å². The molecule has 0 unspecified atom stereocenters. The number of carbonyl (C=O) groups is 2. The molecule has 9 nitrogen and oxygen atoms in total. The van der Waals surface area contributed by atoms with Crippen molar-refractivity contribution >= 4 is 17.4 Å². The lowest BCUT2D eigenvalue weighted by Crippen LogP contribution is -2.63. The van der Waals surface area contributed by atoms with Crippen molar-refractivity contribution in [1.29, 1.82) is 0 Å². The molecule has 2 N–H and O–H groups in total. The lowest BCUT2D eigenvalue weighted by Gasteiger charge is -2.40. The number of carbonyl (C=O) groups excluding carboxylic acids is 2. The Hall–Kier alpha value is -3.75. The van der Waals surface area contributed by atoms with E-state index in [4.69, 9.17) is 0 Å². The minimum absolute atomic E-state index is 0.163. The number of piperazine rings is 1. The first-order chi connectivity index (χ1) is 14.7. The fourth-order valence-corrected chi connectivity index (χ4v) is 3.37. The number of aromatic nitrogens is 4. The minimum atomic E-state index is -1.08. The summed E-state index contributed by atoms with van der Waals surface area (Å²) in [6, 6.07) is 1.62. The van der Waals surface area contributed by atoms with E-state index in [1.165, 1.54) is 15.9 Å². The third-order valence-electron chi connectivity index (χ3n) is 5.11. The van der Waals surface area contributed by atoms with Crippen LogP contribution in [0.25, 0.3) is 11.4 Å². The van der Waals surface area contributed by atoms with Crippen LogP contribution < -0.4 is 5.32 Å². The van der Waals surface area contributed by atoms with Crippen LogP contribution in [0, 0.1) is 0 Å². The Labute approximate surface area is 180 Å². The van der Waals surface area contributed by atoms with Gasteiger partial charge in [-0.15, -0.1) is 0 Å². The molecule has 3 heterocycles. The van der Waals surface area contributed by atoms with Crippen molar-refractivity contribution in [2.75, 3.05) is 13.1 Å². The largest absolute Gasteiger partial charge is 0.504 e. The summed E-state index contributed by atoms with van der Waals surface area (Å²) in [4.78, 5) is 35.3. The number of nitrogens with one attached hydrogen (secondary N) is 1. The second-order valence-corrected chi connectivity index (χ2v) is 7.68. The molecule has 2 aromatic rings. The van der Waals surface area contributed by atoms with Gasteiger partial charge < -0.3 is 15.3 Å². The molecule has 1 aliphatic rings. The lowest BCUT2D eigenvalue weighted by atomic mass is 9.98. The predicted octanol–water partition coefficient (Wildman–Crippen LogP) is 2.25. The molecule has 0 aliphatic carbocycles. The molecule has 2 aromatic heterocycles.